The highest BCUT2D eigenvalue weighted by molar-refractivity contribution is 5.96. The van der Waals surface area contributed by atoms with Crippen molar-refractivity contribution in [2.45, 2.75) is 12.8 Å². The SMILES string of the molecule is C=CCNC(=N)c1ccc(OCCCN2CCN(CCCOc3ccc(C(=N)NCC=C)cc3)CC2)cc1. The van der Waals surface area contributed by atoms with Crippen LogP contribution >= 0.6 is 0 Å². The zero-order chi connectivity index (χ0) is 27.0. The molecule has 0 unspecified atom stereocenters. The minimum Gasteiger partial charge on any atom is -0.494 e. The molecule has 4 N–H and O–H groups in total. The lowest BCUT2D eigenvalue weighted by Gasteiger charge is -2.34. The maximum atomic E-state index is 7.99. The van der Waals surface area contributed by atoms with Gasteiger partial charge in [-0.15, -0.1) is 13.2 Å². The van der Waals surface area contributed by atoms with Gasteiger partial charge in [-0.2, -0.15) is 0 Å². The van der Waals surface area contributed by atoms with Crippen molar-refractivity contribution in [3.63, 3.8) is 0 Å². The minimum absolute atomic E-state index is 0.393. The highest BCUT2D eigenvalue weighted by Gasteiger charge is 2.16. The Morgan fingerprint density at radius 1 is 0.684 bits per heavy atom. The van der Waals surface area contributed by atoms with Gasteiger partial charge in [0.2, 0.25) is 0 Å². The molecule has 1 aliphatic heterocycles. The van der Waals surface area contributed by atoms with Crippen LogP contribution in [0.1, 0.15) is 24.0 Å². The van der Waals surface area contributed by atoms with E-state index in [1.54, 1.807) is 12.2 Å². The summed E-state index contributed by atoms with van der Waals surface area (Å²) in [6.07, 6.45) is 5.47. The fraction of sp³-hybridized carbons (Fsp3) is 0.400. The first kappa shape index (κ1) is 28.9. The molecule has 1 fully saturated rings. The summed E-state index contributed by atoms with van der Waals surface area (Å²) in [6.45, 7) is 16.3. The Morgan fingerprint density at radius 2 is 1.05 bits per heavy atom. The summed E-state index contributed by atoms with van der Waals surface area (Å²) >= 11 is 0. The van der Waals surface area contributed by atoms with Gasteiger partial charge in [-0.1, -0.05) is 12.2 Å². The molecule has 1 aliphatic rings. The third-order valence-corrected chi connectivity index (χ3v) is 6.37. The Balaban J connectivity index is 1.22. The van der Waals surface area contributed by atoms with Crippen molar-refractivity contribution in [1.29, 1.82) is 10.8 Å². The van der Waals surface area contributed by atoms with E-state index in [2.05, 4.69) is 33.6 Å². The maximum absolute atomic E-state index is 7.99. The van der Waals surface area contributed by atoms with Gasteiger partial charge >= 0.3 is 0 Å². The van der Waals surface area contributed by atoms with Gasteiger partial charge in [0.15, 0.2) is 0 Å². The highest BCUT2D eigenvalue weighted by atomic mass is 16.5. The number of rotatable bonds is 16. The van der Waals surface area contributed by atoms with Crippen LogP contribution in [0.3, 0.4) is 0 Å². The van der Waals surface area contributed by atoms with Crippen molar-refractivity contribution >= 4 is 11.7 Å². The number of hydrogen-bond acceptors (Lipinski definition) is 6. The average Bonchev–Trinajstić information content (AvgIpc) is 2.96. The fourth-order valence-corrected chi connectivity index (χ4v) is 4.18. The molecule has 38 heavy (non-hydrogen) atoms. The van der Waals surface area contributed by atoms with Crippen LogP contribution in [0.15, 0.2) is 73.8 Å². The molecule has 2 aromatic rings. The number of piperazine rings is 1. The molecule has 0 aromatic heterocycles. The van der Waals surface area contributed by atoms with Crippen molar-refractivity contribution in [2.75, 3.05) is 65.6 Å². The molecular weight excluding hydrogens is 476 g/mol. The lowest BCUT2D eigenvalue weighted by atomic mass is 10.2. The topological polar surface area (TPSA) is 96.7 Å². The molecule has 0 bridgehead atoms. The molecule has 0 spiro atoms. The van der Waals surface area contributed by atoms with Crippen LogP contribution in [0.2, 0.25) is 0 Å². The highest BCUT2D eigenvalue weighted by Crippen LogP contribution is 2.14. The van der Waals surface area contributed by atoms with E-state index in [0.717, 1.165) is 74.7 Å². The van der Waals surface area contributed by atoms with Crippen LogP contribution in [0.5, 0.6) is 11.5 Å². The molecule has 2 aromatic carbocycles. The second-order valence-electron chi connectivity index (χ2n) is 9.23. The molecule has 3 rings (SSSR count). The molecular formula is C30H42N6O2. The Morgan fingerprint density at radius 3 is 1.39 bits per heavy atom. The van der Waals surface area contributed by atoms with Crippen molar-refractivity contribution in [2.24, 2.45) is 0 Å². The van der Waals surface area contributed by atoms with Gasteiger partial charge in [-0.05, 0) is 61.4 Å². The molecule has 8 nitrogen and oxygen atoms in total. The number of benzene rings is 2. The molecule has 204 valence electrons. The van der Waals surface area contributed by atoms with Crippen LogP contribution < -0.4 is 20.1 Å². The third kappa shape index (κ3) is 10.0. The normalized spacial score (nSPS) is 13.9. The molecule has 0 saturated carbocycles. The van der Waals surface area contributed by atoms with E-state index in [-0.39, 0.29) is 0 Å². The van der Waals surface area contributed by atoms with Gasteiger partial charge in [0, 0.05) is 63.5 Å². The lowest BCUT2D eigenvalue weighted by molar-refractivity contribution is 0.120. The van der Waals surface area contributed by atoms with Gasteiger partial charge in [-0.25, -0.2) is 0 Å². The first-order valence-corrected chi connectivity index (χ1v) is 13.4. The smallest absolute Gasteiger partial charge is 0.125 e. The maximum Gasteiger partial charge on any atom is 0.125 e. The van der Waals surface area contributed by atoms with Crippen molar-refractivity contribution in [1.82, 2.24) is 20.4 Å². The van der Waals surface area contributed by atoms with Crippen LogP contribution in [0.4, 0.5) is 0 Å². The molecule has 0 atom stereocenters. The summed E-state index contributed by atoms with van der Waals surface area (Å²) in [4.78, 5) is 5.02. The molecule has 0 amide bonds. The molecule has 0 aliphatic carbocycles. The summed E-state index contributed by atoms with van der Waals surface area (Å²) in [7, 11) is 0. The number of hydrogen-bond donors (Lipinski definition) is 4. The summed E-state index contributed by atoms with van der Waals surface area (Å²) in [5.74, 6) is 2.47. The Kier molecular flexibility index (Phi) is 12.4. The number of nitrogens with zero attached hydrogens (tertiary/aromatic N) is 2. The summed E-state index contributed by atoms with van der Waals surface area (Å²) in [5, 5.41) is 22.0. The van der Waals surface area contributed by atoms with Crippen LogP contribution in [0.25, 0.3) is 0 Å². The Hall–Kier alpha value is -3.62. The van der Waals surface area contributed by atoms with Gasteiger partial charge in [0.05, 0.1) is 13.2 Å². The predicted octanol–water partition coefficient (Wildman–Crippen LogP) is 3.74. The van der Waals surface area contributed by atoms with E-state index in [9.17, 15) is 0 Å². The van der Waals surface area contributed by atoms with Crippen LogP contribution in [-0.2, 0) is 0 Å². The van der Waals surface area contributed by atoms with Gasteiger partial charge in [-0.3, -0.25) is 10.8 Å². The first-order chi connectivity index (χ1) is 18.6. The van der Waals surface area contributed by atoms with Crippen LogP contribution in [-0.4, -0.2) is 87.0 Å². The summed E-state index contributed by atoms with van der Waals surface area (Å²) in [5.41, 5.74) is 1.68. The lowest BCUT2D eigenvalue weighted by Crippen LogP contribution is -2.47. The third-order valence-electron chi connectivity index (χ3n) is 6.37. The first-order valence-electron chi connectivity index (χ1n) is 13.4. The molecule has 1 heterocycles. The molecule has 0 radical (unpaired) electrons. The number of nitrogens with one attached hydrogen (secondary N) is 4. The van der Waals surface area contributed by atoms with Gasteiger partial charge in [0.1, 0.15) is 23.2 Å². The zero-order valence-electron chi connectivity index (χ0n) is 22.4. The average molecular weight is 519 g/mol. The van der Waals surface area contributed by atoms with Crippen LogP contribution in [0, 0.1) is 10.8 Å². The van der Waals surface area contributed by atoms with E-state index < -0.39 is 0 Å². The minimum atomic E-state index is 0.393. The molecule has 1 saturated heterocycles. The predicted molar refractivity (Wildman–Crippen MR) is 156 cm³/mol. The van der Waals surface area contributed by atoms with E-state index in [0.29, 0.717) is 38.0 Å². The largest absolute Gasteiger partial charge is 0.494 e. The van der Waals surface area contributed by atoms with Crippen molar-refractivity contribution < 1.29 is 9.47 Å². The quantitative estimate of drug-likeness (QED) is 0.117. The second kappa shape index (κ2) is 16.3. The van der Waals surface area contributed by atoms with E-state index in [4.69, 9.17) is 20.3 Å². The van der Waals surface area contributed by atoms with E-state index in [1.165, 1.54) is 0 Å². The standard InChI is InChI=1S/C30H42N6O2/c1-3-15-33-29(31)25-7-11-27(12-8-25)37-23-5-17-35-19-21-36(22-20-35)18-6-24-38-28-13-9-26(10-14-28)30(32)34-16-4-2/h3-4,7-14H,1-2,5-6,15-24H2,(H2,31,33)(H2,32,34). The zero-order valence-corrected chi connectivity index (χ0v) is 22.4. The monoisotopic (exact) mass is 518 g/mol. The Bertz CT molecular complexity index is 931. The van der Waals surface area contributed by atoms with Gasteiger partial charge < -0.3 is 29.9 Å². The number of ether oxygens (including phenoxy) is 2. The van der Waals surface area contributed by atoms with Crippen molar-refractivity contribution in [3.05, 3.63) is 85.0 Å². The summed E-state index contributed by atoms with van der Waals surface area (Å²) in [6, 6.07) is 15.3. The fourth-order valence-electron chi connectivity index (χ4n) is 4.18. The summed E-state index contributed by atoms with van der Waals surface area (Å²) < 4.78 is 11.8. The molecule has 8 heteroatoms. The van der Waals surface area contributed by atoms with E-state index >= 15 is 0 Å². The Labute approximate surface area is 227 Å². The number of amidine groups is 2. The second-order valence-corrected chi connectivity index (χ2v) is 9.23. The van der Waals surface area contributed by atoms with E-state index in [1.807, 2.05) is 48.5 Å². The van der Waals surface area contributed by atoms with Gasteiger partial charge in [0.25, 0.3) is 0 Å². The van der Waals surface area contributed by atoms with Crippen molar-refractivity contribution in [3.8, 4) is 11.5 Å².